The van der Waals surface area contributed by atoms with Crippen molar-refractivity contribution in [3.63, 3.8) is 0 Å². The van der Waals surface area contributed by atoms with Crippen molar-refractivity contribution in [1.82, 2.24) is 0 Å². The lowest BCUT2D eigenvalue weighted by Crippen LogP contribution is -2.04. The highest BCUT2D eigenvalue weighted by Crippen LogP contribution is 2.45. The van der Waals surface area contributed by atoms with Crippen LogP contribution < -0.4 is 4.74 Å². The smallest absolute Gasteiger partial charge is 0.130 e. The molecule has 24 heavy (non-hydrogen) atoms. The SMILES string of the molecule is Cc1cccc(-c2cccc3c2-c2ccccc2C3)c1OCCO. The van der Waals surface area contributed by atoms with Gasteiger partial charge in [0.1, 0.15) is 12.4 Å². The molecule has 1 aliphatic rings. The number of para-hydroxylation sites is 1. The van der Waals surface area contributed by atoms with Crippen LogP contribution in [0.15, 0.2) is 60.7 Å². The van der Waals surface area contributed by atoms with Gasteiger partial charge in [-0.3, -0.25) is 0 Å². The second-order valence-corrected chi connectivity index (χ2v) is 6.20. The van der Waals surface area contributed by atoms with Crippen LogP contribution in [0.4, 0.5) is 0 Å². The Morgan fingerprint density at radius 1 is 0.833 bits per heavy atom. The number of aliphatic hydroxyl groups is 1. The molecule has 0 saturated carbocycles. The molecular weight excluding hydrogens is 296 g/mol. The summed E-state index contributed by atoms with van der Waals surface area (Å²) < 4.78 is 5.87. The fourth-order valence-corrected chi connectivity index (χ4v) is 3.62. The molecule has 0 atom stereocenters. The van der Waals surface area contributed by atoms with Gasteiger partial charge in [-0.25, -0.2) is 0 Å². The van der Waals surface area contributed by atoms with E-state index in [1.165, 1.54) is 27.8 Å². The quantitative estimate of drug-likeness (QED) is 0.596. The second kappa shape index (κ2) is 6.14. The minimum atomic E-state index is 0.0174. The molecule has 2 nitrogen and oxygen atoms in total. The number of rotatable bonds is 4. The van der Waals surface area contributed by atoms with Gasteiger partial charge in [-0.1, -0.05) is 60.7 Å². The van der Waals surface area contributed by atoms with E-state index >= 15 is 0 Å². The number of aryl methyl sites for hydroxylation is 1. The van der Waals surface area contributed by atoms with Crippen molar-refractivity contribution >= 4 is 0 Å². The Morgan fingerprint density at radius 3 is 2.42 bits per heavy atom. The van der Waals surface area contributed by atoms with Gasteiger partial charge >= 0.3 is 0 Å². The normalized spacial score (nSPS) is 11.9. The van der Waals surface area contributed by atoms with Crippen molar-refractivity contribution in [2.45, 2.75) is 13.3 Å². The van der Waals surface area contributed by atoms with Gasteiger partial charge in [-0.15, -0.1) is 0 Å². The molecule has 3 aromatic rings. The number of hydrogen-bond acceptors (Lipinski definition) is 2. The monoisotopic (exact) mass is 316 g/mol. The van der Waals surface area contributed by atoms with Crippen molar-refractivity contribution in [3.05, 3.63) is 77.4 Å². The Morgan fingerprint density at radius 2 is 1.54 bits per heavy atom. The average molecular weight is 316 g/mol. The number of hydrogen-bond donors (Lipinski definition) is 1. The third-order valence-corrected chi connectivity index (χ3v) is 4.66. The van der Waals surface area contributed by atoms with Crippen LogP contribution in [0, 0.1) is 6.92 Å². The number of fused-ring (bicyclic) bond motifs is 3. The Balaban J connectivity index is 1.92. The fourth-order valence-electron chi connectivity index (χ4n) is 3.62. The zero-order chi connectivity index (χ0) is 16.5. The Labute approximate surface area is 142 Å². The van der Waals surface area contributed by atoms with Gasteiger partial charge in [0.15, 0.2) is 0 Å². The first-order valence-corrected chi connectivity index (χ1v) is 8.33. The van der Waals surface area contributed by atoms with Gasteiger partial charge in [0.25, 0.3) is 0 Å². The van der Waals surface area contributed by atoms with Crippen LogP contribution in [0.2, 0.25) is 0 Å². The highest BCUT2D eigenvalue weighted by atomic mass is 16.5. The predicted octanol–water partition coefficient (Wildman–Crippen LogP) is 4.60. The molecule has 2 heteroatoms. The molecule has 0 heterocycles. The molecule has 0 radical (unpaired) electrons. The van der Waals surface area contributed by atoms with Gasteiger partial charge in [0.05, 0.1) is 6.61 Å². The zero-order valence-electron chi connectivity index (χ0n) is 13.8. The van der Waals surface area contributed by atoms with E-state index < -0.39 is 0 Å². The van der Waals surface area contributed by atoms with Crippen molar-refractivity contribution in [2.75, 3.05) is 13.2 Å². The van der Waals surface area contributed by atoms with Crippen LogP contribution in [-0.4, -0.2) is 18.3 Å². The molecule has 1 N–H and O–H groups in total. The summed E-state index contributed by atoms with van der Waals surface area (Å²) in [4.78, 5) is 0. The molecule has 0 unspecified atom stereocenters. The first-order chi connectivity index (χ1) is 11.8. The molecule has 120 valence electrons. The molecule has 4 rings (SSSR count). The third kappa shape index (κ3) is 2.40. The van der Waals surface area contributed by atoms with Gasteiger partial charge in [0, 0.05) is 5.56 Å². The molecule has 1 aliphatic carbocycles. The maximum absolute atomic E-state index is 9.14. The van der Waals surface area contributed by atoms with Crippen molar-refractivity contribution in [1.29, 1.82) is 0 Å². The largest absolute Gasteiger partial charge is 0.490 e. The van der Waals surface area contributed by atoms with E-state index in [0.717, 1.165) is 23.3 Å². The lowest BCUT2D eigenvalue weighted by molar-refractivity contribution is 0.201. The summed E-state index contributed by atoms with van der Waals surface area (Å²) in [5.74, 6) is 0.865. The van der Waals surface area contributed by atoms with E-state index in [4.69, 9.17) is 9.84 Å². The summed E-state index contributed by atoms with van der Waals surface area (Å²) in [5.41, 5.74) is 8.76. The first-order valence-electron chi connectivity index (χ1n) is 8.33. The lowest BCUT2D eigenvalue weighted by Gasteiger charge is -2.16. The Kier molecular flexibility index (Phi) is 3.83. The van der Waals surface area contributed by atoms with Crippen LogP contribution in [-0.2, 0) is 6.42 Å². The number of ether oxygens (including phenoxy) is 1. The standard InChI is InChI=1S/C22H20O2/c1-15-6-4-11-20(22(15)24-13-12-23)19-10-5-8-17-14-16-7-2-3-9-18(16)21(17)19/h2-11,23H,12-14H2,1H3. The maximum Gasteiger partial charge on any atom is 0.130 e. The summed E-state index contributed by atoms with van der Waals surface area (Å²) in [5, 5.41) is 9.14. The molecule has 0 fully saturated rings. The Bertz CT molecular complexity index is 896. The fraction of sp³-hybridized carbons (Fsp3) is 0.182. The minimum absolute atomic E-state index is 0.0174. The molecule has 0 aromatic heterocycles. The zero-order valence-corrected chi connectivity index (χ0v) is 13.8. The van der Waals surface area contributed by atoms with Crippen molar-refractivity contribution in [3.8, 4) is 28.0 Å². The molecule has 0 saturated heterocycles. The molecule has 0 amide bonds. The van der Waals surface area contributed by atoms with Gasteiger partial charge in [-0.05, 0) is 46.7 Å². The van der Waals surface area contributed by atoms with E-state index in [-0.39, 0.29) is 6.61 Å². The topological polar surface area (TPSA) is 29.5 Å². The molecule has 0 aliphatic heterocycles. The summed E-state index contributed by atoms with van der Waals surface area (Å²) >= 11 is 0. The average Bonchev–Trinajstić information content (AvgIpc) is 2.99. The van der Waals surface area contributed by atoms with Gasteiger partial charge < -0.3 is 9.84 Å². The van der Waals surface area contributed by atoms with E-state index in [1.54, 1.807) is 0 Å². The lowest BCUT2D eigenvalue weighted by atomic mass is 9.93. The van der Waals surface area contributed by atoms with Crippen molar-refractivity contribution < 1.29 is 9.84 Å². The summed E-state index contributed by atoms with van der Waals surface area (Å²) in [7, 11) is 0. The predicted molar refractivity (Wildman–Crippen MR) is 97.4 cm³/mol. The highest BCUT2D eigenvalue weighted by molar-refractivity contribution is 5.92. The van der Waals surface area contributed by atoms with Gasteiger partial charge in [-0.2, -0.15) is 0 Å². The summed E-state index contributed by atoms with van der Waals surface area (Å²) in [6, 6.07) is 21.3. The van der Waals surface area contributed by atoms with E-state index in [2.05, 4.69) is 54.6 Å². The second-order valence-electron chi connectivity index (χ2n) is 6.20. The van der Waals surface area contributed by atoms with Gasteiger partial charge in [0.2, 0.25) is 0 Å². The first kappa shape index (κ1) is 15.0. The molecule has 3 aromatic carbocycles. The van der Waals surface area contributed by atoms with E-state index in [1.807, 2.05) is 13.0 Å². The number of benzene rings is 3. The molecule has 0 spiro atoms. The van der Waals surface area contributed by atoms with Crippen LogP contribution in [0.3, 0.4) is 0 Å². The highest BCUT2D eigenvalue weighted by Gasteiger charge is 2.23. The van der Waals surface area contributed by atoms with Crippen LogP contribution in [0.1, 0.15) is 16.7 Å². The Hall–Kier alpha value is -2.58. The van der Waals surface area contributed by atoms with Crippen LogP contribution in [0.25, 0.3) is 22.3 Å². The molecule has 0 bridgehead atoms. The number of aliphatic hydroxyl groups excluding tert-OH is 1. The third-order valence-electron chi connectivity index (χ3n) is 4.66. The van der Waals surface area contributed by atoms with Crippen LogP contribution >= 0.6 is 0 Å². The molecular formula is C22H20O2. The van der Waals surface area contributed by atoms with E-state index in [0.29, 0.717) is 6.61 Å². The van der Waals surface area contributed by atoms with E-state index in [9.17, 15) is 0 Å². The minimum Gasteiger partial charge on any atom is -0.490 e. The van der Waals surface area contributed by atoms with Crippen molar-refractivity contribution in [2.24, 2.45) is 0 Å². The van der Waals surface area contributed by atoms with Crippen LogP contribution in [0.5, 0.6) is 5.75 Å². The maximum atomic E-state index is 9.14. The summed E-state index contributed by atoms with van der Waals surface area (Å²) in [6.45, 7) is 2.38. The summed E-state index contributed by atoms with van der Waals surface area (Å²) in [6.07, 6.45) is 0.984.